The number of hydrogen-bond donors (Lipinski definition) is 1. The van der Waals surface area contributed by atoms with Gasteiger partial charge in [0, 0.05) is 17.9 Å². The maximum Gasteiger partial charge on any atom is 0.319 e. The molecule has 0 saturated carbocycles. The topological polar surface area (TPSA) is 73.9 Å². The molecule has 2 heterocycles. The van der Waals surface area contributed by atoms with Crippen molar-refractivity contribution in [2.24, 2.45) is 5.92 Å². The van der Waals surface area contributed by atoms with Crippen molar-refractivity contribution in [1.29, 1.82) is 0 Å². The standard InChI is InChI=1S/C16H19NO5/c1-4-21-15(19)13-11-8-16(2,17-14(13)18)22-12-6-5-9(20-3)7-10(11)12/h5-7,11,13H,4,8H2,1-3H3,(H,17,18)/t11-,13+,16-/m0/s1. The van der Waals surface area contributed by atoms with Gasteiger partial charge in [0.2, 0.25) is 5.91 Å². The van der Waals surface area contributed by atoms with Crippen LogP contribution in [0.4, 0.5) is 0 Å². The van der Waals surface area contributed by atoms with Gasteiger partial charge in [0.1, 0.15) is 17.4 Å². The molecule has 118 valence electrons. The Labute approximate surface area is 128 Å². The van der Waals surface area contributed by atoms with E-state index >= 15 is 0 Å². The van der Waals surface area contributed by atoms with Crippen LogP contribution in [0, 0.1) is 5.92 Å². The zero-order valence-electron chi connectivity index (χ0n) is 12.8. The lowest BCUT2D eigenvalue weighted by molar-refractivity contribution is -0.160. The number of rotatable bonds is 3. The van der Waals surface area contributed by atoms with Crippen molar-refractivity contribution in [2.75, 3.05) is 13.7 Å². The van der Waals surface area contributed by atoms with Gasteiger partial charge in [-0.2, -0.15) is 0 Å². The molecule has 0 spiro atoms. The van der Waals surface area contributed by atoms with Crippen LogP contribution < -0.4 is 14.8 Å². The molecule has 0 radical (unpaired) electrons. The molecule has 1 fully saturated rings. The van der Waals surface area contributed by atoms with Crippen molar-refractivity contribution in [3.63, 3.8) is 0 Å². The second-order valence-corrected chi connectivity index (χ2v) is 5.77. The van der Waals surface area contributed by atoms with E-state index in [2.05, 4.69) is 5.32 Å². The Bertz CT molecular complexity index is 629. The molecule has 1 aromatic rings. The summed E-state index contributed by atoms with van der Waals surface area (Å²) in [5.74, 6) is -0.666. The Morgan fingerprint density at radius 3 is 2.95 bits per heavy atom. The van der Waals surface area contributed by atoms with Gasteiger partial charge in [0.15, 0.2) is 5.72 Å². The van der Waals surface area contributed by atoms with Crippen molar-refractivity contribution in [2.45, 2.75) is 31.9 Å². The first kappa shape index (κ1) is 14.7. The number of methoxy groups -OCH3 is 1. The predicted molar refractivity (Wildman–Crippen MR) is 77.7 cm³/mol. The van der Waals surface area contributed by atoms with E-state index in [1.165, 1.54) is 0 Å². The van der Waals surface area contributed by atoms with Gasteiger partial charge in [-0.1, -0.05) is 0 Å². The molecule has 3 atom stereocenters. The van der Waals surface area contributed by atoms with Gasteiger partial charge in [-0.05, 0) is 32.0 Å². The van der Waals surface area contributed by atoms with Crippen LogP contribution in [0.5, 0.6) is 11.5 Å². The van der Waals surface area contributed by atoms with E-state index < -0.39 is 17.6 Å². The zero-order valence-corrected chi connectivity index (χ0v) is 12.8. The molecule has 1 amide bonds. The number of esters is 1. The van der Waals surface area contributed by atoms with Crippen LogP contribution in [0.2, 0.25) is 0 Å². The van der Waals surface area contributed by atoms with Crippen LogP contribution in [-0.2, 0) is 14.3 Å². The van der Waals surface area contributed by atoms with E-state index in [4.69, 9.17) is 14.2 Å². The second-order valence-electron chi connectivity index (χ2n) is 5.77. The summed E-state index contributed by atoms with van der Waals surface area (Å²) in [6, 6.07) is 5.42. The van der Waals surface area contributed by atoms with Crippen molar-refractivity contribution in [1.82, 2.24) is 5.32 Å². The van der Waals surface area contributed by atoms with Crippen LogP contribution in [-0.4, -0.2) is 31.3 Å². The number of carbonyl (C=O) groups is 2. The molecule has 2 bridgehead atoms. The normalized spacial score (nSPS) is 29.0. The Morgan fingerprint density at radius 2 is 2.27 bits per heavy atom. The summed E-state index contributed by atoms with van der Waals surface area (Å²) < 4.78 is 16.2. The fraction of sp³-hybridized carbons (Fsp3) is 0.500. The highest BCUT2D eigenvalue weighted by molar-refractivity contribution is 6.00. The van der Waals surface area contributed by atoms with Gasteiger partial charge < -0.3 is 19.5 Å². The largest absolute Gasteiger partial charge is 0.497 e. The van der Waals surface area contributed by atoms with E-state index in [9.17, 15) is 9.59 Å². The average Bonchev–Trinajstić information content (AvgIpc) is 2.46. The monoisotopic (exact) mass is 305 g/mol. The van der Waals surface area contributed by atoms with Gasteiger partial charge in [0.25, 0.3) is 0 Å². The van der Waals surface area contributed by atoms with E-state index in [1.807, 2.05) is 13.0 Å². The van der Waals surface area contributed by atoms with Crippen molar-refractivity contribution in [3.8, 4) is 11.5 Å². The number of ether oxygens (including phenoxy) is 3. The molecule has 0 unspecified atom stereocenters. The zero-order chi connectivity index (χ0) is 15.9. The Morgan fingerprint density at radius 1 is 1.50 bits per heavy atom. The van der Waals surface area contributed by atoms with Crippen LogP contribution in [0.15, 0.2) is 18.2 Å². The second kappa shape index (κ2) is 5.19. The van der Waals surface area contributed by atoms with E-state index in [0.717, 1.165) is 5.56 Å². The summed E-state index contributed by atoms with van der Waals surface area (Å²) in [4.78, 5) is 24.6. The fourth-order valence-electron chi connectivity index (χ4n) is 3.25. The third-order valence-electron chi connectivity index (χ3n) is 4.17. The smallest absolute Gasteiger partial charge is 0.319 e. The van der Waals surface area contributed by atoms with Gasteiger partial charge in [-0.3, -0.25) is 9.59 Å². The highest BCUT2D eigenvalue weighted by Gasteiger charge is 2.52. The van der Waals surface area contributed by atoms with Crippen LogP contribution in [0.1, 0.15) is 31.7 Å². The number of nitrogens with one attached hydrogen (secondary N) is 1. The highest BCUT2D eigenvalue weighted by atomic mass is 16.5. The van der Waals surface area contributed by atoms with E-state index in [0.29, 0.717) is 17.9 Å². The lowest BCUT2D eigenvalue weighted by Crippen LogP contribution is -2.62. The summed E-state index contributed by atoms with van der Waals surface area (Å²) in [5, 5.41) is 2.79. The number of benzene rings is 1. The summed E-state index contributed by atoms with van der Waals surface area (Å²) in [6.07, 6.45) is 0.516. The lowest BCUT2D eigenvalue weighted by atomic mass is 9.75. The quantitative estimate of drug-likeness (QED) is 0.678. The number of piperidine rings is 1. The Hall–Kier alpha value is -2.24. The molecule has 3 rings (SSSR count). The maximum atomic E-state index is 12.4. The molecule has 2 aliphatic heterocycles. The molecule has 22 heavy (non-hydrogen) atoms. The van der Waals surface area contributed by atoms with Crippen molar-refractivity contribution >= 4 is 11.9 Å². The minimum atomic E-state index is -0.859. The molecular formula is C16H19NO5. The lowest BCUT2D eigenvalue weighted by Gasteiger charge is -2.46. The Balaban J connectivity index is 2.06. The first-order valence-corrected chi connectivity index (χ1v) is 7.33. The van der Waals surface area contributed by atoms with Gasteiger partial charge >= 0.3 is 5.97 Å². The Kier molecular flexibility index (Phi) is 3.47. The number of hydrogen-bond acceptors (Lipinski definition) is 5. The maximum absolute atomic E-state index is 12.4. The summed E-state index contributed by atoms with van der Waals surface area (Å²) >= 11 is 0. The average molecular weight is 305 g/mol. The highest BCUT2D eigenvalue weighted by Crippen LogP contribution is 2.47. The molecule has 1 N–H and O–H groups in total. The summed E-state index contributed by atoms with van der Waals surface area (Å²) in [6.45, 7) is 3.78. The molecule has 1 aromatic carbocycles. The number of carbonyl (C=O) groups excluding carboxylic acids is 2. The molecule has 2 aliphatic rings. The summed E-state index contributed by atoms with van der Waals surface area (Å²) in [5.41, 5.74) is 0.0107. The SMILES string of the molecule is CCOC(=O)[C@H]1C(=O)N[C@]2(C)C[C@H]1c1cc(OC)ccc1O2. The minimum absolute atomic E-state index is 0.244. The van der Waals surface area contributed by atoms with Gasteiger partial charge in [-0.15, -0.1) is 0 Å². The van der Waals surface area contributed by atoms with Gasteiger partial charge in [0.05, 0.1) is 13.7 Å². The molecule has 6 nitrogen and oxygen atoms in total. The van der Waals surface area contributed by atoms with E-state index in [1.54, 1.807) is 26.2 Å². The molecule has 0 aliphatic carbocycles. The number of fused-ring (bicyclic) bond motifs is 4. The van der Waals surface area contributed by atoms with E-state index in [-0.39, 0.29) is 18.4 Å². The van der Waals surface area contributed by atoms with Crippen LogP contribution in [0.25, 0.3) is 0 Å². The molecular weight excluding hydrogens is 286 g/mol. The molecule has 1 saturated heterocycles. The molecule has 6 heteroatoms. The van der Waals surface area contributed by atoms with Crippen LogP contribution >= 0.6 is 0 Å². The first-order valence-electron chi connectivity index (χ1n) is 7.33. The minimum Gasteiger partial charge on any atom is -0.497 e. The summed E-state index contributed by atoms with van der Waals surface area (Å²) in [7, 11) is 1.58. The predicted octanol–water partition coefficient (Wildman–Crippen LogP) is 1.59. The first-order chi connectivity index (χ1) is 10.5. The van der Waals surface area contributed by atoms with Crippen molar-refractivity contribution in [3.05, 3.63) is 23.8 Å². The third kappa shape index (κ3) is 2.28. The van der Waals surface area contributed by atoms with Gasteiger partial charge in [-0.25, -0.2) is 0 Å². The van der Waals surface area contributed by atoms with Crippen molar-refractivity contribution < 1.29 is 23.8 Å². The third-order valence-corrected chi connectivity index (χ3v) is 4.17. The fourth-order valence-corrected chi connectivity index (χ4v) is 3.25. The van der Waals surface area contributed by atoms with Crippen LogP contribution in [0.3, 0.4) is 0 Å². The number of amides is 1. The molecule has 0 aromatic heterocycles.